The number of rotatable bonds is 7. The molecular weight excluding hydrogens is 372 g/mol. The Balaban J connectivity index is 1.90. The van der Waals surface area contributed by atoms with Gasteiger partial charge in [-0.1, -0.05) is 29.4 Å². The molecule has 0 bridgehead atoms. The molecule has 0 fully saturated rings. The number of carbonyl (C=O) groups excluding carboxylic acids is 2. The maximum atomic E-state index is 12.8. The summed E-state index contributed by atoms with van der Waals surface area (Å²) in [6.07, 6.45) is -0.913. The van der Waals surface area contributed by atoms with E-state index in [1.807, 2.05) is 38.1 Å². The summed E-state index contributed by atoms with van der Waals surface area (Å²) in [5.74, 6) is 0.0668. The second kappa shape index (κ2) is 8.77. The van der Waals surface area contributed by atoms with E-state index >= 15 is 0 Å². The minimum absolute atomic E-state index is 0.200. The summed E-state index contributed by atoms with van der Waals surface area (Å²) < 4.78 is 16.5. The summed E-state index contributed by atoms with van der Waals surface area (Å²) >= 11 is 0. The predicted molar refractivity (Wildman–Crippen MR) is 108 cm³/mol. The highest BCUT2D eigenvalue weighted by Crippen LogP contribution is 2.28. The van der Waals surface area contributed by atoms with Gasteiger partial charge in [0.1, 0.15) is 23.7 Å². The number of ether oxygens (including phenoxy) is 2. The average molecular weight is 396 g/mol. The van der Waals surface area contributed by atoms with E-state index in [0.717, 1.165) is 22.0 Å². The summed E-state index contributed by atoms with van der Waals surface area (Å²) in [6, 6.07) is 11.1. The lowest BCUT2D eigenvalue weighted by Crippen LogP contribution is -2.35. The Morgan fingerprint density at radius 3 is 2.48 bits per heavy atom. The van der Waals surface area contributed by atoms with Crippen molar-refractivity contribution in [3.05, 3.63) is 59.0 Å². The highest BCUT2D eigenvalue weighted by Gasteiger charge is 2.22. The molecule has 29 heavy (non-hydrogen) atoms. The van der Waals surface area contributed by atoms with Gasteiger partial charge in [-0.2, -0.15) is 0 Å². The van der Waals surface area contributed by atoms with E-state index in [0.29, 0.717) is 18.1 Å². The summed E-state index contributed by atoms with van der Waals surface area (Å²) in [6.45, 7) is 7.64. The van der Waals surface area contributed by atoms with Gasteiger partial charge in [-0.25, -0.2) is 4.79 Å². The van der Waals surface area contributed by atoms with Crippen LogP contribution in [0.2, 0.25) is 0 Å². The van der Waals surface area contributed by atoms with E-state index in [1.165, 1.54) is 6.92 Å². The van der Waals surface area contributed by atoms with Crippen molar-refractivity contribution in [3.8, 4) is 5.75 Å². The number of carbonyl (C=O) groups is 2. The van der Waals surface area contributed by atoms with Gasteiger partial charge >= 0.3 is 5.97 Å². The van der Waals surface area contributed by atoms with Crippen molar-refractivity contribution in [1.29, 1.82) is 0 Å². The van der Waals surface area contributed by atoms with Crippen molar-refractivity contribution in [2.45, 2.75) is 40.4 Å². The molecule has 1 atom stereocenters. The molecule has 7 heteroatoms. The standard InChI is InChI=1S/C22H24N2O5/c1-5-23-21(25)15(4)28-22(26)18-10-16-8-6-7-9-17(16)11-20(18)27-12-19-13(2)24-29-14(19)3/h6-11,15H,5,12H2,1-4H3,(H,23,25)/t15-/m1/s1. The second-order valence-corrected chi connectivity index (χ2v) is 6.73. The predicted octanol–water partition coefficient (Wildman–Crippen LogP) is 3.71. The number of nitrogens with zero attached hydrogens (tertiary/aromatic N) is 1. The molecule has 0 aliphatic heterocycles. The molecule has 0 radical (unpaired) electrons. The fourth-order valence-corrected chi connectivity index (χ4v) is 2.95. The Kier molecular flexibility index (Phi) is 6.16. The summed E-state index contributed by atoms with van der Waals surface area (Å²) in [4.78, 5) is 24.7. The molecule has 3 rings (SSSR count). The van der Waals surface area contributed by atoms with Crippen LogP contribution in [0.5, 0.6) is 5.75 Å². The van der Waals surface area contributed by atoms with Crippen molar-refractivity contribution in [2.24, 2.45) is 0 Å². The number of likely N-dealkylation sites (N-methyl/N-ethyl adjacent to an activating group) is 1. The van der Waals surface area contributed by atoms with E-state index < -0.39 is 12.1 Å². The molecule has 1 amide bonds. The van der Waals surface area contributed by atoms with Crippen LogP contribution in [0, 0.1) is 13.8 Å². The first-order chi connectivity index (χ1) is 13.9. The van der Waals surface area contributed by atoms with Gasteiger partial charge < -0.3 is 19.3 Å². The van der Waals surface area contributed by atoms with Gasteiger partial charge in [-0.15, -0.1) is 0 Å². The SMILES string of the molecule is CCNC(=O)[C@@H](C)OC(=O)c1cc2ccccc2cc1OCc1c(C)noc1C. The molecular formula is C22H24N2O5. The molecule has 7 nitrogen and oxygen atoms in total. The first-order valence-electron chi connectivity index (χ1n) is 9.46. The van der Waals surface area contributed by atoms with Gasteiger partial charge in [-0.05, 0) is 50.6 Å². The van der Waals surface area contributed by atoms with Gasteiger partial charge in [0, 0.05) is 6.54 Å². The molecule has 152 valence electrons. The van der Waals surface area contributed by atoms with Gasteiger partial charge in [-0.3, -0.25) is 4.79 Å². The van der Waals surface area contributed by atoms with E-state index in [1.54, 1.807) is 19.1 Å². The molecule has 0 aliphatic carbocycles. The van der Waals surface area contributed by atoms with Crippen molar-refractivity contribution in [2.75, 3.05) is 6.54 Å². The van der Waals surface area contributed by atoms with Crippen LogP contribution in [0.1, 0.15) is 41.2 Å². The number of hydrogen-bond donors (Lipinski definition) is 1. The number of hydrogen-bond acceptors (Lipinski definition) is 6. The van der Waals surface area contributed by atoms with E-state index in [4.69, 9.17) is 14.0 Å². The molecule has 2 aromatic carbocycles. The average Bonchev–Trinajstić information content (AvgIpc) is 3.03. The van der Waals surface area contributed by atoms with E-state index in [-0.39, 0.29) is 18.1 Å². The normalized spacial score (nSPS) is 11.9. The van der Waals surface area contributed by atoms with Gasteiger partial charge in [0.15, 0.2) is 6.10 Å². The zero-order valence-electron chi connectivity index (χ0n) is 16.9. The number of amides is 1. The number of nitrogens with one attached hydrogen (secondary N) is 1. The van der Waals surface area contributed by atoms with Gasteiger partial charge in [0.2, 0.25) is 0 Å². The van der Waals surface area contributed by atoms with E-state index in [9.17, 15) is 9.59 Å². The fraction of sp³-hybridized carbons (Fsp3) is 0.318. The lowest BCUT2D eigenvalue weighted by atomic mass is 10.1. The zero-order valence-corrected chi connectivity index (χ0v) is 16.9. The van der Waals surface area contributed by atoms with Crippen LogP contribution >= 0.6 is 0 Å². The van der Waals surface area contributed by atoms with Crippen molar-refractivity contribution >= 4 is 22.6 Å². The van der Waals surface area contributed by atoms with Crippen LogP contribution in [0.3, 0.4) is 0 Å². The molecule has 0 spiro atoms. The number of benzene rings is 2. The van der Waals surface area contributed by atoms with Crippen LogP contribution < -0.4 is 10.1 Å². The zero-order chi connectivity index (χ0) is 21.0. The first-order valence-corrected chi connectivity index (χ1v) is 9.46. The Morgan fingerprint density at radius 2 is 1.86 bits per heavy atom. The third kappa shape index (κ3) is 4.56. The summed E-state index contributed by atoms with van der Waals surface area (Å²) in [5, 5.41) is 8.35. The Morgan fingerprint density at radius 1 is 1.17 bits per heavy atom. The molecule has 0 unspecified atom stereocenters. The lowest BCUT2D eigenvalue weighted by Gasteiger charge is -2.16. The lowest BCUT2D eigenvalue weighted by molar-refractivity contribution is -0.128. The van der Waals surface area contributed by atoms with Crippen molar-refractivity contribution < 1.29 is 23.6 Å². The van der Waals surface area contributed by atoms with Crippen LogP contribution in [-0.4, -0.2) is 29.7 Å². The Labute approximate surface area is 169 Å². The highest BCUT2D eigenvalue weighted by atomic mass is 16.5. The van der Waals surface area contributed by atoms with Gasteiger partial charge in [0.25, 0.3) is 5.91 Å². The monoisotopic (exact) mass is 396 g/mol. The maximum absolute atomic E-state index is 12.8. The third-order valence-corrected chi connectivity index (χ3v) is 4.63. The quantitative estimate of drug-likeness (QED) is 0.612. The Bertz CT molecular complexity index is 1020. The Hall–Kier alpha value is -3.35. The molecule has 0 saturated carbocycles. The molecule has 1 heterocycles. The molecule has 0 saturated heterocycles. The first kappa shape index (κ1) is 20.4. The molecule has 3 aromatic rings. The number of esters is 1. The number of aromatic nitrogens is 1. The summed E-state index contributed by atoms with van der Waals surface area (Å²) in [5.41, 5.74) is 1.82. The van der Waals surface area contributed by atoms with Crippen molar-refractivity contribution in [3.63, 3.8) is 0 Å². The van der Waals surface area contributed by atoms with E-state index in [2.05, 4.69) is 10.5 Å². The number of fused-ring (bicyclic) bond motifs is 1. The smallest absolute Gasteiger partial charge is 0.342 e. The highest BCUT2D eigenvalue weighted by molar-refractivity contribution is 5.99. The van der Waals surface area contributed by atoms with Crippen LogP contribution in [0.4, 0.5) is 0 Å². The molecule has 1 N–H and O–H groups in total. The third-order valence-electron chi connectivity index (χ3n) is 4.63. The second-order valence-electron chi connectivity index (χ2n) is 6.73. The number of aryl methyl sites for hydroxylation is 2. The largest absolute Gasteiger partial charge is 0.488 e. The minimum Gasteiger partial charge on any atom is -0.488 e. The van der Waals surface area contributed by atoms with Crippen molar-refractivity contribution in [1.82, 2.24) is 10.5 Å². The topological polar surface area (TPSA) is 90.7 Å². The fourth-order valence-electron chi connectivity index (χ4n) is 2.95. The van der Waals surface area contributed by atoms with Gasteiger partial charge in [0.05, 0.1) is 11.3 Å². The van der Waals surface area contributed by atoms with Crippen LogP contribution in [0.25, 0.3) is 10.8 Å². The molecule has 1 aromatic heterocycles. The molecule has 0 aliphatic rings. The summed E-state index contributed by atoms with van der Waals surface area (Å²) in [7, 11) is 0. The minimum atomic E-state index is -0.913. The van der Waals surface area contributed by atoms with Crippen LogP contribution in [0.15, 0.2) is 40.9 Å². The van der Waals surface area contributed by atoms with Crippen LogP contribution in [-0.2, 0) is 16.1 Å². The maximum Gasteiger partial charge on any atom is 0.342 e.